The molecule has 0 spiro atoms. The second-order valence-electron chi connectivity index (χ2n) is 9.57. The molecular formula is C25H32Cl3N3O4S. The number of anilines is 1. The number of carbonyl (C=O) groups is 2. The highest BCUT2D eigenvalue weighted by molar-refractivity contribution is 7.92. The van der Waals surface area contributed by atoms with E-state index >= 15 is 0 Å². The summed E-state index contributed by atoms with van der Waals surface area (Å²) < 4.78 is 26.5. The van der Waals surface area contributed by atoms with Gasteiger partial charge in [0.2, 0.25) is 21.8 Å². The number of carbonyl (C=O) groups excluding carboxylic acids is 2. The van der Waals surface area contributed by atoms with Gasteiger partial charge in [-0.05, 0) is 69.5 Å². The molecule has 0 aliphatic heterocycles. The van der Waals surface area contributed by atoms with E-state index in [-0.39, 0.29) is 18.1 Å². The lowest BCUT2D eigenvalue weighted by Crippen LogP contribution is -2.55. The summed E-state index contributed by atoms with van der Waals surface area (Å²) in [5, 5.41) is 4.04. The number of hydrogen-bond acceptors (Lipinski definition) is 4. The Hall–Kier alpha value is -2.00. The van der Waals surface area contributed by atoms with E-state index in [4.69, 9.17) is 34.8 Å². The number of rotatable bonds is 9. The van der Waals surface area contributed by atoms with Crippen LogP contribution in [0.2, 0.25) is 15.1 Å². The van der Waals surface area contributed by atoms with Gasteiger partial charge in [-0.1, -0.05) is 53.9 Å². The number of amides is 2. The maximum absolute atomic E-state index is 13.8. The molecule has 1 unspecified atom stereocenters. The molecule has 0 bridgehead atoms. The van der Waals surface area contributed by atoms with Crippen LogP contribution in [0, 0.1) is 6.92 Å². The van der Waals surface area contributed by atoms with Crippen LogP contribution in [0.5, 0.6) is 0 Å². The second-order valence-corrected chi connectivity index (χ2v) is 12.7. The highest BCUT2D eigenvalue weighted by atomic mass is 35.5. The smallest absolute Gasteiger partial charge is 0.244 e. The summed E-state index contributed by atoms with van der Waals surface area (Å²) in [6.45, 7) is 8.44. The number of benzene rings is 2. The third-order valence-corrected chi connectivity index (χ3v) is 7.55. The van der Waals surface area contributed by atoms with Gasteiger partial charge in [0.1, 0.15) is 12.6 Å². The SMILES string of the molecule is CCC(C(=O)NC(C)(C)C)N(Cc1ccc(Cl)cc1Cl)C(=O)CN(c1cccc(Cl)c1C)S(C)(=O)=O. The van der Waals surface area contributed by atoms with E-state index in [9.17, 15) is 18.0 Å². The molecule has 0 radical (unpaired) electrons. The number of nitrogens with zero attached hydrogens (tertiary/aromatic N) is 2. The van der Waals surface area contributed by atoms with Crippen LogP contribution in [-0.4, -0.2) is 49.5 Å². The predicted octanol–water partition coefficient (Wildman–Crippen LogP) is 5.44. The predicted molar refractivity (Wildman–Crippen MR) is 147 cm³/mol. The van der Waals surface area contributed by atoms with Crippen LogP contribution in [0.25, 0.3) is 0 Å². The molecule has 0 saturated heterocycles. The molecule has 1 N–H and O–H groups in total. The van der Waals surface area contributed by atoms with E-state index in [0.29, 0.717) is 32.6 Å². The van der Waals surface area contributed by atoms with Crippen molar-refractivity contribution >= 4 is 62.3 Å². The quantitative estimate of drug-likeness (QED) is 0.430. The molecule has 0 aliphatic carbocycles. The zero-order valence-corrected chi connectivity index (χ0v) is 24.3. The summed E-state index contributed by atoms with van der Waals surface area (Å²) in [5.41, 5.74) is 0.840. The number of hydrogen-bond donors (Lipinski definition) is 1. The zero-order valence-electron chi connectivity index (χ0n) is 21.2. The van der Waals surface area contributed by atoms with Crippen LogP contribution in [0.15, 0.2) is 36.4 Å². The van der Waals surface area contributed by atoms with Crippen LogP contribution in [0.3, 0.4) is 0 Å². The summed E-state index contributed by atoms with van der Waals surface area (Å²) in [6, 6.07) is 8.83. The molecular weight excluding hydrogens is 545 g/mol. The summed E-state index contributed by atoms with van der Waals surface area (Å²) >= 11 is 18.6. The fourth-order valence-electron chi connectivity index (χ4n) is 3.67. The minimum Gasteiger partial charge on any atom is -0.350 e. The van der Waals surface area contributed by atoms with Crippen LogP contribution in [-0.2, 0) is 26.2 Å². The van der Waals surface area contributed by atoms with E-state index in [1.807, 2.05) is 20.8 Å². The van der Waals surface area contributed by atoms with Gasteiger partial charge in [-0.15, -0.1) is 0 Å². The molecule has 11 heteroatoms. The number of sulfonamides is 1. The van der Waals surface area contributed by atoms with Crippen molar-refractivity contribution in [2.45, 2.75) is 59.2 Å². The average Bonchev–Trinajstić information content (AvgIpc) is 2.73. The average molecular weight is 577 g/mol. The van der Waals surface area contributed by atoms with Gasteiger partial charge in [0, 0.05) is 27.2 Å². The molecule has 1 atom stereocenters. The molecule has 0 aromatic heterocycles. The van der Waals surface area contributed by atoms with Crippen LogP contribution in [0.1, 0.15) is 45.2 Å². The molecule has 7 nitrogen and oxygen atoms in total. The second kappa shape index (κ2) is 12.0. The Morgan fingerprint density at radius 3 is 2.22 bits per heavy atom. The van der Waals surface area contributed by atoms with Crippen molar-refractivity contribution in [3.05, 3.63) is 62.6 Å². The molecule has 2 amide bonds. The molecule has 0 saturated carbocycles. The van der Waals surface area contributed by atoms with Crippen molar-refractivity contribution in [1.82, 2.24) is 10.2 Å². The third kappa shape index (κ3) is 8.00. The summed E-state index contributed by atoms with van der Waals surface area (Å²) in [5.74, 6) is -0.921. The zero-order chi connectivity index (χ0) is 27.4. The normalized spacial score (nSPS) is 12.7. The Balaban J connectivity index is 2.54. The van der Waals surface area contributed by atoms with Gasteiger partial charge in [0.25, 0.3) is 0 Å². The largest absolute Gasteiger partial charge is 0.350 e. The molecule has 0 fully saturated rings. The Morgan fingerprint density at radius 2 is 1.69 bits per heavy atom. The first-order valence-electron chi connectivity index (χ1n) is 11.3. The van der Waals surface area contributed by atoms with Crippen LogP contribution in [0.4, 0.5) is 5.69 Å². The molecule has 0 heterocycles. The fraction of sp³-hybridized carbons (Fsp3) is 0.440. The molecule has 36 heavy (non-hydrogen) atoms. The third-order valence-electron chi connectivity index (χ3n) is 5.43. The Morgan fingerprint density at radius 1 is 1.06 bits per heavy atom. The van der Waals surface area contributed by atoms with Gasteiger partial charge in [0.15, 0.2) is 0 Å². The minimum atomic E-state index is -3.87. The first kappa shape index (κ1) is 30.2. The van der Waals surface area contributed by atoms with Crippen LogP contribution < -0.4 is 9.62 Å². The van der Waals surface area contributed by atoms with Gasteiger partial charge >= 0.3 is 0 Å². The van der Waals surface area contributed by atoms with Gasteiger partial charge < -0.3 is 10.2 Å². The lowest BCUT2D eigenvalue weighted by atomic mass is 10.1. The van der Waals surface area contributed by atoms with Crippen LogP contribution >= 0.6 is 34.8 Å². The van der Waals surface area contributed by atoms with Crippen molar-refractivity contribution in [2.75, 3.05) is 17.1 Å². The summed E-state index contributed by atoms with van der Waals surface area (Å²) in [7, 11) is -3.87. The highest BCUT2D eigenvalue weighted by Crippen LogP contribution is 2.29. The number of halogens is 3. The highest BCUT2D eigenvalue weighted by Gasteiger charge is 2.33. The number of nitrogens with one attached hydrogen (secondary N) is 1. The van der Waals surface area contributed by atoms with Crippen molar-refractivity contribution in [2.24, 2.45) is 0 Å². The standard InChI is InChI=1S/C25H32Cl3N3O4S/c1-7-21(24(33)29-25(3,4)5)30(14-17-11-12-18(26)13-20(17)28)23(32)15-31(36(6,34)35)22-10-8-9-19(27)16(22)2/h8-13,21H,7,14-15H2,1-6H3,(H,29,33). The Labute approximate surface area is 228 Å². The first-order valence-corrected chi connectivity index (χ1v) is 14.3. The fourth-order valence-corrected chi connectivity index (χ4v) is 5.20. The van der Waals surface area contributed by atoms with Gasteiger partial charge in [-0.3, -0.25) is 13.9 Å². The Bertz CT molecular complexity index is 1230. The van der Waals surface area contributed by atoms with Gasteiger partial charge in [0.05, 0.1) is 11.9 Å². The summed E-state index contributed by atoms with van der Waals surface area (Å²) in [6.07, 6.45) is 1.32. The topological polar surface area (TPSA) is 86.8 Å². The monoisotopic (exact) mass is 575 g/mol. The van der Waals surface area contributed by atoms with E-state index in [1.165, 1.54) is 4.90 Å². The summed E-state index contributed by atoms with van der Waals surface area (Å²) in [4.78, 5) is 28.3. The molecule has 198 valence electrons. The first-order chi connectivity index (χ1) is 16.5. The molecule has 2 aromatic carbocycles. The van der Waals surface area contributed by atoms with Crippen molar-refractivity contribution < 1.29 is 18.0 Å². The lowest BCUT2D eigenvalue weighted by Gasteiger charge is -2.35. The van der Waals surface area contributed by atoms with E-state index < -0.39 is 34.1 Å². The van der Waals surface area contributed by atoms with Crippen molar-refractivity contribution in [3.8, 4) is 0 Å². The lowest BCUT2D eigenvalue weighted by molar-refractivity contribution is -0.141. The minimum absolute atomic E-state index is 0.0168. The maximum atomic E-state index is 13.8. The molecule has 2 aromatic rings. The molecule has 0 aliphatic rings. The van der Waals surface area contributed by atoms with E-state index in [0.717, 1.165) is 10.6 Å². The Kier molecular flexibility index (Phi) is 10.1. The maximum Gasteiger partial charge on any atom is 0.244 e. The van der Waals surface area contributed by atoms with Crippen molar-refractivity contribution in [3.63, 3.8) is 0 Å². The van der Waals surface area contributed by atoms with Gasteiger partial charge in [-0.25, -0.2) is 8.42 Å². The van der Waals surface area contributed by atoms with E-state index in [1.54, 1.807) is 50.2 Å². The molecule has 2 rings (SSSR count). The van der Waals surface area contributed by atoms with Gasteiger partial charge in [-0.2, -0.15) is 0 Å². The van der Waals surface area contributed by atoms with Crippen molar-refractivity contribution in [1.29, 1.82) is 0 Å². The van der Waals surface area contributed by atoms with E-state index in [2.05, 4.69) is 5.32 Å².